The molecule has 1 aliphatic carbocycles. The minimum atomic E-state index is 0.107. The van der Waals surface area contributed by atoms with E-state index in [4.69, 9.17) is 0 Å². The largest absolute Gasteiger partial charge is 0.347 e. The Morgan fingerprint density at radius 2 is 2.00 bits per heavy atom. The first-order valence-corrected chi connectivity index (χ1v) is 7.06. The molecule has 0 N–H and O–H groups in total. The van der Waals surface area contributed by atoms with Crippen LogP contribution in [0.15, 0.2) is 41.3 Å². The Morgan fingerprint density at radius 3 is 2.67 bits per heavy atom. The molecule has 1 aromatic carbocycles. The van der Waals surface area contributed by atoms with E-state index in [1.807, 2.05) is 30.5 Å². The topological polar surface area (TPSA) is 22.0 Å². The Labute approximate surface area is 112 Å². The molecule has 2 nitrogen and oxygen atoms in total. The average Bonchev–Trinajstić information content (AvgIpc) is 2.37. The van der Waals surface area contributed by atoms with Gasteiger partial charge in [0.05, 0.1) is 5.52 Å². The van der Waals surface area contributed by atoms with Gasteiger partial charge in [-0.05, 0) is 36.1 Å². The van der Waals surface area contributed by atoms with Crippen LogP contribution in [0.5, 0.6) is 0 Å². The molecule has 0 unspecified atom stereocenters. The van der Waals surface area contributed by atoms with Crippen molar-refractivity contribution < 1.29 is 0 Å². The van der Waals surface area contributed by atoms with Gasteiger partial charge in [-0.25, -0.2) is 0 Å². The second kappa shape index (κ2) is 4.47. The van der Waals surface area contributed by atoms with Crippen LogP contribution in [0.2, 0.25) is 0 Å². The standard InChI is InChI=1S/C15H17NOS/c17-14-6-9-16(10-15(11-18)7-3-8-15)13-5-2-1-4-12(13)14/h1-2,4-6,9,18H,3,7-8,10-11H2. The lowest BCUT2D eigenvalue weighted by Gasteiger charge is -2.41. The maximum absolute atomic E-state index is 11.8. The molecule has 0 saturated heterocycles. The number of aromatic nitrogens is 1. The molecule has 0 bridgehead atoms. The van der Waals surface area contributed by atoms with Gasteiger partial charge in [0.15, 0.2) is 5.43 Å². The third kappa shape index (κ3) is 1.87. The smallest absolute Gasteiger partial charge is 0.189 e. The quantitative estimate of drug-likeness (QED) is 0.841. The van der Waals surface area contributed by atoms with Gasteiger partial charge >= 0.3 is 0 Å². The fraction of sp³-hybridized carbons (Fsp3) is 0.400. The first kappa shape index (κ1) is 11.8. The van der Waals surface area contributed by atoms with Crippen LogP contribution >= 0.6 is 12.6 Å². The van der Waals surface area contributed by atoms with Crippen molar-refractivity contribution in [3.8, 4) is 0 Å². The van der Waals surface area contributed by atoms with Gasteiger partial charge in [-0.15, -0.1) is 0 Å². The van der Waals surface area contributed by atoms with Gasteiger partial charge in [0, 0.05) is 24.2 Å². The summed E-state index contributed by atoms with van der Waals surface area (Å²) < 4.78 is 2.21. The highest BCUT2D eigenvalue weighted by molar-refractivity contribution is 7.80. The predicted molar refractivity (Wildman–Crippen MR) is 78.3 cm³/mol. The van der Waals surface area contributed by atoms with E-state index in [1.165, 1.54) is 19.3 Å². The highest BCUT2D eigenvalue weighted by Gasteiger charge is 2.35. The molecule has 3 rings (SSSR count). The van der Waals surface area contributed by atoms with Gasteiger partial charge in [-0.2, -0.15) is 12.6 Å². The number of hydrogen-bond acceptors (Lipinski definition) is 2. The molecule has 0 atom stereocenters. The molecule has 0 aliphatic heterocycles. The van der Waals surface area contributed by atoms with Crippen LogP contribution in [0.3, 0.4) is 0 Å². The number of hydrogen-bond donors (Lipinski definition) is 1. The van der Waals surface area contributed by atoms with E-state index in [0.29, 0.717) is 5.41 Å². The van der Waals surface area contributed by atoms with Crippen LogP contribution < -0.4 is 5.43 Å². The van der Waals surface area contributed by atoms with Crippen LogP contribution in [0.25, 0.3) is 10.9 Å². The van der Waals surface area contributed by atoms with Gasteiger partial charge in [-0.1, -0.05) is 18.6 Å². The molecule has 1 heterocycles. The number of rotatable bonds is 3. The van der Waals surface area contributed by atoms with Crippen LogP contribution in [0.4, 0.5) is 0 Å². The molecular weight excluding hydrogens is 242 g/mol. The van der Waals surface area contributed by atoms with E-state index in [2.05, 4.69) is 17.2 Å². The lowest BCUT2D eigenvalue weighted by atomic mass is 9.70. The molecule has 0 radical (unpaired) electrons. The van der Waals surface area contributed by atoms with Gasteiger partial charge in [-0.3, -0.25) is 4.79 Å². The van der Waals surface area contributed by atoms with Crippen LogP contribution in [-0.4, -0.2) is 10.3 Å². The van der Waals surface area contributed by atoms with Crippen molar-refractivity contribution in [1.29, 1.82) is 0 Å². The summed E-state index contributed by atoms with van der Waals surface area (Å²) in [6.45, 7) is 0.970. The number of fused-ring (bicyclic) bond motifs is 1. The van der Waals surface area contributed by atoms with Gasteiger partial charge in [0.2, 0.25) is 0 Å². The van der Waals surface area contributed by atoms with E-state index >= 15 is 0 Å². The molecule has 1 aromatic heterocycles. The molecule has 18 heavy (non-hydrogen) atoms. The van der Waals surface area contributed by atoms with Gasteiger partial charge < -0.3 is 4.57 Å². The van der Waals surface area contributed by atoms with Crippen molar-refractivity contribution in [3.63, 3.8) is 0 Å². The predicted octanol–water partition coefficient (Wildman–Crippen LogP) is 3.10. The number of pyridine rings is 1. The molecule has 0 spiro atoms. The Balaban J connectivity index is 2.07. The molecule has 1 fully saturated rings. The molecule has 94 valence electrons. The maximum Gasteiger partial charge on any atom is 0.189 e. The summed E-state index contributed by atoms with van der Waals surface area (Å²) in [5.74, 6) is 0.924. The second-order valence-corrected chi connectivity index (χ2v) is 5.65. The monoisotopic (exact) mass is 259 g/mol. The Kier molecular flexibility index (Phi) is 2.94. The fourth-order valence-electron chi connectivity index (χ4n) is 2.80. The zero-order chi connectivity index (χ0) is 12.6. The summed E-state index contributed by atoms with van der Waals surface area (Å²) in [7, 11) is 0. The SMILES string of the molecule is O=c1ccn(CC2(CS)CCC2)c2ccccc12. The molecule has 0 amide bonds. The lowest BCUT2D eigenvalue weighted by molar-refractivity contribution is 0.141. The third-order valence-corrected chi connectivity index (χ3v) is 4.81. The molecule has 1 saturated carbocycles. The van der Waals surface area contributed by atoms with Crippen LogP contribution in [-0.2, 0) is 6.54 Å². The number of para-hydroxylation sites is 1. The zero-order valence-electron chi connectivity index (χ0n) is 10.3. The Hall–Kier alpha value is -1.22. The van der Waals surface area contributed by atoms with E-state index in [1.54, 1.807) is 6.07 Å². The van der Waals surface area contributed by atoms with E-state index in [-0.39, 0.29) is 5.43 Å². The van der Waals surface area contributed by atoms with E-state index in [9.17, 15) is 4.79 Å². The number of nitrogens with zero attached hydrogens (tertiary/aromatic N) is 1. The molecule has 2 aromatic rings. The van der Waals surface area contributed by atoms with E-state index in [0.717, 1.165) is 23.2 Å². The summed E-state index contributed by atoms with van der Waals surface area (Å²) in [6.07, 6.45) is 5.72. The maximum atomic E-state index is 11.8. The lowest BCUT2D eigenvalue weighted by Crippen LogP contribution is -2.36. The highest BCUT2D eigenvalue weighted by Crippen LogP contribution is 2.43. The van der Waals surface area contributed by atoms with Gasteiger partial charge in [0.25, 0.3) is 0 Å². The number of thiol groups is 1. The minimum Gasteiger partial charge on any atom is -0.347 e. The molecule has 1 aliphatic rings. The van der Waals surface area contributed by atoms with E-state index < -0.39 is 0 Å². The summed E-state index contributed by atoms with van der Waals surface area (Å²) in [5, 5.41) is 0.814. The van der Waals surface area contributed by atoms with Crippen molar-refractivity contribution >= 4 is 23.5 Å². The first-order valence-electron chi connectivity index (χ1n) is 6.43. The van der Waals surface area contributed by atoms with Crippen molar-refractivity contribution in [3.05, 3.63) is 46.8 Å². The first-order chi connectivity index (χ1) is 8.74. The average molecular weight is 259 g/mol. The van der Waals surface area contributed by atoms with Crippen molar-refractivity contribution in [1.82, 2.24) is 4.57 Å². The third-order valence-electron chi connectivity index (χ3n) is 4.14. The van der Waals surface area contributed by atoms with Crippen LogP contribution in [0, 0.1) is 5.41 Å². The van der Waals surface area contributed by atoms with Crippen LogP contribution in [0.1, 0.15) is 19.3 Å². The van der Waals surface area contributed by atoms with Gasteiger partial charge in [0.1, 0.15) is 0 Å². The highest BCUT2D eigenvalue weighted by atomic mass is 32.1. The molecule has 3 heteroatoms. The van der Waals surface area contributed by atoms with Crippen molar-refractivity contribution in [2.45, 2.75) is 25.8 Å². The number of benzene rings is 1. The minimum absolute atomic E-state index is 0.107. The second-order valence-electron chi connectivity index (χ2n) is 5.34. The summed E-state index contributed by atoms with van der Waals surface area (Å²) in [6, 6.07) is 9.52. The normalized spacial score (nSPS) is 17.6. The van der Waals surface area contributed by atoms with Crippen molar-refractivity contribution in [2.24, 2.45) is 5.41 Å². The fourth-order valence-corrected chi connectivity index (χ4v) is 3.22. The Bertz CT molecular complexity index is 622. The molecular formula is C15H17NOS. The summed E-state index contributed by atoms with van der Waals surface area (Å²) >= 11 is 4.50. The summed E-state index contributed by atoms with van der Waals surface area (Å²) in [4.78, 5) is 11.8. The zero-order valence-corrected chi connectivity index (χ0v) is 11.2. The summed E-state index contributed by atoms with van der Waals surface area (Å²) in [5.41, 5.74) is 1.48. The van der Waals surface area contributed by atoms with Crippen molar-refractivity contribution in [2.75, 3.05) is 5.75 Å². The Morgan fingerprint density at radius 1 is 1.22 bits per heavy atom.